The third-order valence-corrected chi connectivity index (χ3v) is 1.69. The van der Waals surface area contributed by atoms with E-state index in [9.17, 15) is 0 Å². The first-order chi connectivity index (χ1) is 4.83. The van der Waals surface area contributed by atoms with Gasteiger partial charge in [-0.05, 0) is 13.5 Å². The van der Waals surface area contributed by atoms with Crippen LogP contribution in [0.25, 0.3) is 0 Å². The van der Waals surface area contributed by atoms with Crippen molar-refractivity contribution in [3.8, 4) is 0 Å². The molecule has 0 aliphatic carbocycles. The summed E-state index contributed by atoms with van der Waals surface area (Å²) in [6.07, 6.45) is 1.19. The maximum absolute atomic E-state index is 8.43. The standard InChI is InChI=1S/C7H15NO2/c1-8-5-7(6-8)10-4-2-3-9/h7,9H,2-6H2,1H3. The predicted octanol–water partition coefficient (Wildman–Crippen LogP) is -0.301. The Balaban J connectivity index is 1.86. The fourth-order valence-corrected chi connectivity index (χ4v) is 1.06. The van der Waals surface area contributed by atoms with Crippen molar-refractivity contribution in [3.63, 3.8) is 0 Å². The van der Waals surface area contributed by atoms with Crippen molar-refractivity contribution in [2.24, 2.45) is 0 Å². The maximum Gasteiger partial charge on any atom is 0.0828 e. The Labute approximate surface area is 61.6 Å². The van der Waals surface area contributed by atoms with Crippen LogP contribution in [0.1, 0.15) is 6.42 Å². The first kappa shape index (κ1) is 7.98. The normalized spacial score (nSPS) is 21.0. The van der Waals surface area contributed by atoms with Crippen molar-refractivity contribution in [1.29, 1.82) is 0 Å². The highest BCUT2D eigenvalue weighted by Crippen LogP contribution is 2.07. The van der Waals surface area contributed by atoms with Crippen LogP contribution in [0.15, 0.2) is 0 Å². The minimum atomic E-state index is 0.239. The first-order valence-corrected chi connectivity index (χ1v) is 3.74. The van der Waals surface area contributed by atoms with Crippen LogP contribution in [0.5, 0.6) is 0 Å². The number of rotatable bonds is 4. The van der Waals surface area contributed by atoms with Crippen LogP contribution in [0.4, 0.5) is 0 Å². The van der Waals surface area contributed by atoms with E-state index in [0.717, 1.165) is 19.5 Å². The molecule has 0 aromatic heterocycles. The van der Waals surface area contributed by atoms with Crippen LogP contribution >= 0.6 is 0 Å². The average molecular weight is 145 g/mol. The van der Waals surface area contributed by atoms with E-state index in [1.807, 2.05) is 0 Å². The van der Waals surface area contributed by atoms with Gasteiger partial charge in [0.1, 0.15) is 0 Å². The molecular weight excluding hydrogens is 130 g/mol. The van der Waals surface area contributed by atoms with Gasteiger partial charge < -0.3 is 14.7 Å². The minimum absolute atomic E-state index is 0.239. The zero-order valence-corrected chi connectivity index (χ0v) is 6.42. The molecule has 0 atom stereocenters. The van der Waals surface area contributed by atoms with Gasteiger partial charge in [-0.3, -0.25) is 0 Å². The molecule has 60 valence electrons. The van der Waals surface area contributed by atoms with Crippen LogP contribution in [-0.2, 0) is 4.74 Å². The Bertz CT molecular complexity index is 91.6. The highest BCUT2D eigenvalue weighted by molar-refractivity contribution is 4.76. The van der Waals surface area contributed by atoms with E-state index in [2.05, 4.69) is 11.9 Å². The van der Waals surface area contributed by atoms with Gasteiger partial charge in [-0.15, -0.1) is 0 Å². The molecule has 1 rings (SSSR count). The van der Waals surface area contributed by atoms with E-state index in [1.165, 1.54) is 0 Å². The Hall–Kier alpha value is -0.120. The SMILES string of the molecule is CN1CC(OCCCO)C1. The number of hydrogen-bond acceptors (Lipinski definition) is 3. The van der Waals surface area contributed by atoms with Crippen molar-refractivity contribution in [1.82, 2.24) is 4.90 Å². The molecule has 0 unspecified atom stereocenters. The van der Waals surface area contributed by atoms with Gasteiger partial charge in [0.25, 0.3) is 0 Å². The van der Waals surface area contributed by atoms with Gasteiger partial charge in [0.05, 0.1) is 6.10 Å². The number of likely N-dealkylation sites (tertiary alicyclic amines) is 1. The van der Waals surface area contributed by atoms with Gasteiger partial charge in [-0.1, -0.05) is 0 Å². The van der Waals surface area contributed by atoms with Crippen LogP contribution < -0.4 is 0 Å². The van der Waals surface area contributed by atoms with Crippen LogP contribution in [0.2, 0.25) is 0 Å². The van der Waals surface area contributed by atoms with E-state index in [0.29, 0.717) is 12.7 Å². The Kier molecular flexibility index (Phi) is 3.12. The van der Waals surface area contributed by atoms with Crippen molar-refractivity contribution in [2.75, 3.05) is 33.4 Å². The average Bonchev–Trinajstić information content (AvgIpc) is 1.85. The van der Waals surface area contributed by atoms with Crippen LogP contribution in [0.3, 0.4) is 0 Å². The summed E-state index contributed by atoms with van der Waals surface area (Å²) in [5.74, 6) is 0. The Morgan fingerprint density at radius 3 is 2.80 bits per heavy atom. The number of nitrogens with zero attached hydrogens (tertiary/aromatic N) is 1. The van der Waals surface area contributed by atoms with Crippen molar-refractivity contribution < 1.29 is 9.84 Å². The lowest BCUT2D eigenvalue weighted by molar-refractivity contribution is -0.0463. The lowest BCUT2D eigenvalue weighted by Crippen LogP contribution is -2.49. The third kappa shape index (κ3) is 2.25. The van der Waals surface area contributed by atoms with E-state index in [-0.39, 0.29) is 6.61 Å². The molecule has 3 heteroatoms. The van der Waals surface area contributed by atoms with Crippen molar-refractivity contribution in [2.45, 2.75) is 12.5 Å². The molecule has 1 aliphatic heterocycles. The summed E-state index contributed by atoms with van der Waals surface area (Å²) in [6.45, 7) is 3.04. The van der Waals surface area contributed by atoms with E-state index in [4.69, 9.17) is 9.84 Å². The summed E-state index contributed by atoms with van der Waals surface area (Å²) < 4.78 is 5.39. The molecule has 0 radical (unpaired) electrons. The molecule has 1 heterocycles. The largest absolute Gasteiger partial charge is 0.396 e. The highest BCUT2D eigenvalue weighted by atomic mass is 16.5. The van der Waals surface area contributed by atoms with Crippen molar-refractivity contribution >= 4 is 0 Å². The third-order valence-electron chi connectivity index (χ3n) is 1.69. The van der Waals surface area contributed by atoms with Gasteiger partial charge in [0.2, 0.25) is 0 Å². The molecule has 3 nitrogen and oxygen atoms in total. The summed E-state index contributed by atoms with van der Waals surface area (Å²) in [7, 11) is 2.08. The number of ether oxygens (including phenoxy) is 1. The molecule has 0 amide bonds. The summed E-state index contributed by atoms with van der Waals surface area (Å²) in [4.78, 5) is 2.21. The van der Waals surface area contributed by atoms with Gasteiger partial charge >= 0.3 is 0 Å². The fraction of sp³-hybridized carbons (Fsp3) is 1.00. The first-order valence-electron chi connectivity index (χ1n) is 3.74. The van der Waals surface area contributed by atoms with Crippen LogP contribution in [-0.4, -0.2) is 49.5 Å². The predicted molar refractivity (Wildman–Crippen MR) is 38.9 cm³/mol. The summed E-state index contributed by atoms with van der Waals surface area (Å²) in [5.41, 5.74) is 0. The molecule has 0 aromatic rings. The second-order valence-electron chi connectivity index (χ2n) is 2.79. The Morgan fingerprint density at radius 1 is 1.60 bits per heavy atom. The Morgan fingerprint density at radius 2 is 2.30 bits per heavy atom. The quantitative estimate of drug-likeness (QED) is 0.551. The summed E-state index contributed by atoms with van der Waals surface area (Å²) in [5, 5.41) is 8.43. The van der Waals surface area contributed by atoms with Gasteiger partial charge in [0, 0.05) is 26.3 Å². The zero-order valence-electron chi connectivity index (χ0n) is 6.42. The van der Waals surface area contributed by atoms with E-state index >= 15 is 0 Å². The molecule has 1 saturated heterocycles. The van der Waals surface area contributed by atoms with E-state index in [1.54, 1.807) is 0 Å². The van der Waals surface area contributed by atoms with Crippen LogP contribution in [0, 0.1) is 0 Å². The second-order valence-corrected chi connectivity index (χ2v) is 2.79. The zero-order chi connectivity index (χ0) is 7.40. The molecule has 10 heavy (non-hydrogen) atoms. The lowest BCUT2D eigenvalue weighted by Gasteiger charge is -2.35. The smallest absolute Gasteiger partial charge is 0.0828 e. The number of aliphatic hydroxyl groups is 1. The fourth-order valence-electron chi connectivity index (χ4n) is 1.06. The molecule has 0 spiro atoms. The monoisotopic (exact) mass is 145 g/mol. The summed E-state index contributed by atoms with van der Waals surface area (Å²) >= 11 is 0. The topological polar surface area (TPSA) is 32.7 Å². The number of likely N-dealkylation sites (N-methyl/N-ethyl adjacent to an activating group) is 1. The minimum Gasteiger partial charge on any atom is -0.396 e. The molecule has 1 aliphatic rings. The van der Waals surface area contributed by atoms with Crippen molar-refractivity contribution in [3.05, 3.63) is 0 Å². The molecule has 0 bridgehead atoms. The van der Waals surface area contributed by atoms with Gasteiger partial charge in [-0.25, -0.2) is 0 Å². The number of aliphatic hydroxyl groups excluding tert-OH is 1. The van der Waals surface area contributed by atoms with Gasteiger partial charge in [-0.2, -0.15) is 0 Å². The lowest BCUT2D eigenvalue weighted by atomic mass is 10.2. The second kappa shape index (κ2) is 3.91. The molecule has 1 fully saturated rings. The van der Waals surface area contributed by atoms with Gasteiger partial charge in [0.15, 0.2) is 0 Å². The maximum atomic E-state index is 8.43. The number of hydrogen-bond donors (Lipinski definition) is 1. The van der Waals surface area contributed by atoms with E-state index < -0.39 is 0 Å². The highest BCUT2D eigenvalue weighted by Gasteiger charge is 2.22. The molecule has 0 aromatic carbocycles. The summed E-state index contributed by atoms with van der Waals surface area (Å²) in [6, 6.07) is 0. The molecule has 0 saturated carbocycles. The molecule has 1 N–H and O–H groups in total. The molecular formula is C7H15NO2.